The van der Waals surface area contributed by atoms with Crippen LogP contribution in [-0.4, -0.2) is 69.5 Å². The SMILES string of the molecule is CNC(C)C(=O)NC1CSc2c(NC(=O)COCCOC)cccc2N(Cc2cccc3ccccc23)C1=O. The Kier molecular flexibility index (Phi) is 9.94. The second kappa shape index (κ2) is 13.6. The Balaban J connectivity index is 1.68. The van der Waals surface area contributed by atoms with Gasteiger partial charge in [-0.25, -0.2) is 0 Å². The third-order valence-electron chi connectivity index (χ3n) is 6.53. The summed E-state index contributed by atoms with van der Waals surface area (Å²) in [7, 11) is 3.27. The monoisotopic (exact) mass is 550 g/mol. The van der Waals surface area contributed by atoms with E-state index in [1.807, 2.05) is 54.6 Å². The summed E-state index contributed by atoms with van der Waals surface area (Å²) in [5.74, 6) is -0.451. The van der Waals surface area contributed by atoms with Crippen molar-refractivity contribution < 1.29 is 23.9 Å². The van der Waals surface area contributed by atoms with Crippen molar-refractivity contribution >= 4 is 51.6 Å². The second-order valence-electron chi connectivity index (χ2n) is 9.19. The maximum atomic E-state index is 14.0. The van der Waals surface area contributed by atoms with Gasteiger partial charge in [-0.05, 0) is 42.4 Å². The molecule has 0 radical (unpaired) electrons. The van der Waals surface area contributed by atoms with Crippen molar-refractivity contribution in [1.82, 2.24) is 10.6 Å². The van der Waals surface area contributed by atoms with Crippen LogP contribution in [0.5, 0.6) is 0 Å². The van der Waals surface area contributed by atoms with Crippen molar-refractivity contribution in [2.45, 2.75) is 30.4 Å². The van der Waals surface area contributed by atoms with Crippen molar-refractivity contribution in [3.8, 4) is 0 Å². The lowest BCUT2D eigenvalue weighted by Gasteiger charge is -2.27. The number of amides is 3. The predicted molar refractivity (Wildman–Crippen MR) is 154 cm³/mol. The summed E-state index contributed by atoms with van der Waals surface area (Å²) in [6.45, 7) is 2.64. The molecule has 0 saturated carbocycles. The molecule has 2 atom stereocenters. The van der Waals surface area contributed by atoms with E-state index in [1.54, 1.807) is 32.0 Å². The molecule has 4 rings (SSSR count). The van der Waals surface area contributed by atoms with Crippen molar-refractivity contribution in [2.75, 3.05) is 49.9 Å². The Morgan fingerprint density at radius 1 is 1.08 bits per heavy atom. The van der Waals surface area contributed by atoms with E-state index in [9.17, 15) is 14.4 Å². The van der Waals surface area contributed by atoms with Gasteiger partial charge in [0.05, 0.1) is 42.1 Å². The van der Waals surface area contributed by atoms with Crippen LogP contribution in [0.4, 0.5) is 11.4 Å². The fraction of sp³-hybridized carbons (Fsp3) is 0.345. The highest BCUT2D eigenvalue weighted by molar-refractivity contribution is 7.99. The molecule has 3 aromatic carbocycles. The molecular formula is C29H34N4O5S. The number of anilines is 2. The first-order valence-electron chi connectivity index (χ1n) is 12.8. The summed E-state index contributed by atoms with van der Waals surface area (Å²) >= 11 is 1.43. The maximum Gasteiger partial charge on any atom is 0.250 e. The number of hydrogen-bond donors (Lipinski definition) is 3. The molecule has 0 bridgehead atoms. The largest absolute Gasteiger partial charge is 0.382 e. The number of hydrogen-bond acceptors (Lipinski definition) is 7. The third-order valence-corrected chi connectivity index (χ3v) is 7.75. The third kappa shape index (κ3) is 6.96. The summed E-state index contributed by atoms with van der Waals surface area (Å²) in [5, 5.41) is 10.9. The Morgan fingerprint density at radius 2 is 1.85 bits per heavy atom. The van der Waals surface area contributed by atoms with Gasteiger partial charge in [-0.3, -0.25) is 14.4 Å². The molecule has 39 heavy (non-hydrogen) atoms. The van der Waals surface area contributed by atoms with E-state index < -0.39 is 12.1 Å². The number of nitrogens with one attached hydrogen (secondary N) is 3. The molecule has 3 aromatic rings. The van der Waals surface area contributed by atoms with Crippen molar-refractivity contribution in [2.24, 2.45) is 0 Å². The van der Waals surface area contributed by atoms with Crippen LogP contribution >= 0.6 is 11.8 Å². The fourth-order valence-electron chi connectivity index (χ4n) is 4.32. The first kappa shape index (κ1) is 28.6. The number of carbonyl (C=O) groups excluding carboxylic acids is 3. The quantitative estimate of drug-likeness (QED) is 0.315. The van der Waals surface area contributed by atoms with E-state index in [0.29, 0.717) is 36.9 Å². The number of rotatable bonds is 11. The summed E-state index contributed by atoms with van der Waals surface area (Å²) < 4.78 is 10.3. The molecule has 1 heterocycles. The van der Waals surface area contributed by atoms with Gasteiger partial charge in [0.2, 0.25) is 11.8 Å². The first-order chi connectivity index (χ1) is 18.9. The number of methoxy groups -OCH3 is 1. The molecule has 0 aromatic heterocycles. The van der Waals surface area contributed by atoms with Gasteiger partial charge < -0.3 is 30.3 Å². The van der Waals surface area contributed by atoms with Crippen molar-refractivity contribution in [3.63, 3.8) is 0 Å². The van der Waals surface area contributed by atoms with Crippen LogP contribution in [0.3, 0.4) is 0 Å². The number of benzene rings is 3. The van der Waals surface area contributed by atoms with Gasteiger partial charge >= 0.3 is 0 Å². The minimum atomic E-state index is -0.749. The molecule has 9 nitrogen and oxygen atoms in total. The molecule has 0 aliphatic carbocycles. The average Bonchev–Trinajstić information content (AvgIpc) is 3.08. The van der Waals surface area contributed by atoms with Gasteiger partial charge in [0.15, 0.2) is 0 Å². The van der Waals surface area contributed by atoms with Crippen molar-refractivity contribution in [1.29, 1.82) is 0 Å². The summed E-state index contributed by atoms with van der Waals surface area (Å²) in [5.41, 5.74) is 2.24. The number of likely N-dealkylation sites (N-methyl/N-ethyl adjacent to an activating group) is 1. The highest BCUT2D eigenvalue weighted by Crippen LogP contribution is 2.41. The average molecular weight is 551 g/mol. The summed E-state index contributed by atoms with van der Waals surface area (Å²) in [4.78, 5) is 41.8. The number of fused-ring (bicyclic) bond motifs is 2. The topological polar surface area (TPSA) is 109 Å². The van der Waals surface area contributed by atoms with Gasteiger partial charge in [0.1, 0.15) is 12.6 Å². The van der Waals surface area contributed by atoms with Gasteiger partial charge in [-0.1, -0.05) is 48.5 Å². The Morgan fingerprint density at radius 3 is 2.64 bits per heavy atom. The Hall–Kier alpha value is -3.44. The zero-order valence-corrected chi connectivity index (χ0v) is 23.2. The van der Waals surface area contributed by atoms with Crippen LogP contribution in [0, 0.1) is 0 Å². The zero-order chi connectivity index (χ0) is 27.8. The van der Waals surface area contributed by atoms with E-state index in [1.165, 1.54) is 11.8 Å². The number of thioether (sulfide) groups is 1. The number of nitrogens with zero attached hydrogens (tertiary/aromatic N) is 1. The Labute approximate surface area is 232 Å². The van der Waals surface area contributed by atoms with Crippen LogP contribution in [0.1, 0.15) is 12.5 Å². The molecular weight excluding hydrogens is 516 g/mol. The van der Waals surface area contributed by atoms with E-state index in [2.05, 4.69) is 16.0 Å². The number of carbonyl (C=O) groups is 3. The van der Waals surface area contributed by atoms with Crippen LogP contribution in [-0.2, 0) is 30.4 Å². The van der Waals surface area contributed by atoms with Crippen molar-refractivity contribution in [3.05, 3.63) is 66.2 Å². The highest BCUT2D eigenvalue weighted by atomic mass is 32.2. The number of ether oxygens (including phenoxy) is 2. The molecule has 206 valence electrons. The predicted octanol–water partition coefficient (Wildman–Crippen LogP) is 3.17. The van der Waals surface area contributed by atoms with Gasteiger partial charge in [-0.15, -0.1) is 11.8 Å². The van der Waals surface area contributed by atoms with E-state index in [0.717, 1.165) is 21.2 Å². The minimum Gasteiger partial charge on any atom is -0.382 e. The van der Waals surface area contributed by atoms with Crippen LogP contribution in [0.2, 0.25) is 0 Å². The standard InChI is InChI=1S/C29H34N4O5S/c1-19(30-2)28(35)32-24-18-39-27-23(31-26(34)17-38-15-14-37-3)12-7-13-25(27)33(29(24)36)16-21-10-6-9-20-8-4-5-11-22(20)21/h4-13,19,24,30H,14-18H2,1-3H3,(H,31,34)(H,32,35). The second-order valence-corrected chi connectivity index (χ2v) is 10.2. The summed E-state index contributed by atoms with van der Waals surface area (Å²) in [6.07, 6.45) is 0. The van der Waals surface area contributed by atoms with Gasteiger partial charge in [0.25, 0.3) is 5.91 Å². The molecule has 0 spiro atoms. The first-order valence-corrected chi connectivity index (χ1v) is 13.8. The van der Waals surface area contributed by atoms with E-state index in [-0.39, 0.29) is 24.3 Å². The zero-order valence-electron chi connectivity index (χ0n) is 22.4. The molecule has 1 aliphatic heterocycles. The fourth-order valence-corrected chi connectivity index (χ4v) is 5.48. The van der Waals surface area contributed by atoms with Crippen LogP contribution in [0.15, 0.2) is 65.6 Å². The van der Waals surface area contributed by atoms with Crippen LogP contribution in [0.25, 0.3) is 10.8 Å². The highest BCUT2D eigenvalue weighted by Gasteiger charge is 2.34. The smallest absolute Gasteiger partial charge is 0.250 e. The van der Waals surface area contributed by atoms with E-state index >= 15 is 0 Å². The Bertz CT molecular complexity index is 1330. The van der Waals surface area contributed by atoms with E-state index in [4.69, 9.17) is 9.47 Å². The molecule has 3 amide bonds. The molecule has 2 unspecified atom stereocenters. The molecule has 3 N–H and O–H groups in total. The van der Waals surface area contributed by atoms with Crippen LogP contribution < -0.4 is 20.9 Å². The van der Waals surface area contributed by atoms with Gasteiger partial charge in [-0.2, -0.15) is 0 Å². The molecule has 0 fully saturated rings. The lowest BCUT2D eigenvalue weighted by atomic mass is 10.0. The lowest BCUT2D eigenvalue weighted by molar-refractivity contribution is -0.128. The molecule has 1 aliphatic rings. The molecule has 10 heteroatoms. The molecule has 0 saturated heterocycles. The maximum absolute atomic E-state index is 14.0. The lowest BCUT2D eigenvalue weighted by Crippen LogP contribution is -2.53. The summed E-state index contributed by atoms with van der Waals surface area (Å²) in [6, 6.07) is 18.4. The minimum absolute atomic E-state index is 0.114. The van der Waals surface area contributed by atoms with Gasteiger partial charge in [0, 0.05) is 12.9 Å². The normalized spacial score (nSPS) is 15.9.